The van der Waals surface area contributed by atoms with Gasteiger partial charge in [0.05, 0.1) is 0 Å². The van der Waals surface area contributed by atoms with Gasteiger partial charge in [-0.05, 0) is 38.5 Å². The van der Waals surface area contributed by atoms with E-state index in [2.05, 4.69) is 29.5 Å². The number of aliphatic imine (C=N–C) groups is 1. The number of nitrogens with one attached hydrogen (secondary N) is 2. The van der Waals surface area contributed by atoms with Gasteiger partial charge in [-0.2, -0.15) is 0 Å². The molecule has 0 spiro atoms. The van der Waals surface area contributed by atoms with Crippen LogP contribution in [0.4, 0.5) is 0 Å². The molecule has 1 heterocycles. The van der Waals surface area contributed by atoms with Crippen LogP contribution in [0.1, 0.15) is 39.5 Å². The van der Waals surface area contributed by atoms with Crippen LogP contribution >= 0.6 is 0 Å². The van der Waals surface area contributed by atoms with Crippen molar-refractivity contribution < 1.29 is 9.47 Å². The first-order valence-electron chi connectivity index (χ1n) is 8.04. The molecular formula is C15H31N3O2. The zero-order valence-corrected chi connectivity index (χ0v) is 13.1. The molecule has 0 radical (unpaired) electrons. The molecule has 0 amide bonds. The third-order valence-electron chi connectivity index (χ3n) is 3.29. The van der Waals surface area contributed by atoms with E-state index >= 15 is 0 Å². The zero-order chi connectivity index (χ0) is 14.5. The topological polar surface area (TPSA) is 54.9 Å². The van der Waals surface area contributed by atoms with Gasteiger partial charge >= 0.3 is 0 Å². The lowest BCUT2D eigenvalue weighted by atomic mass is 10.0. The van der Waals surface area contributed by atoms with Gasteiger partial charge in [0.2, 0.25) is 0 Å². The highest BCUT2D eigenvalue weighted by Gasteiger charge is 2.13. The summed E-state index contributed by atoms with van der Waals surface area (Å²) in [4.78, 5) is 4.46. The van der Waals surface area contributed by atoms with Gasteiger partial charge in [0.25, 0.3) is 0 Å². The van der Waals surface area contributed by atoms with Crippen molar-refractivity contribution in [2.45, 2.75) is 39.5 Å². The van der Waals surface area contributed by atoms with Crippen molar-refractivity contribution in [2.75, 3.05) is 46.1 Å². The first kappa shape index (κ1) is 17.2. The Kier molecular flexibility index (Phi) is 10.3. The highest BCUT2D eigenvalue weighted by atomic mass is 16.5. The van der Waals surface area contributed by atoms with E-state index < -0.39 is 0 Å². The molecule has 1 aliphatic rings. The molecule has 0 aromatic carbocycles. The first-order chi connectivity index (χ1) is 9.86. The van der Waals surface area contributed by atoms with Crippen LogP contribution in [0.5, 0.6) is 0 Å². The molecule has 5 nitrogen and oxygen atoms in total. The maximum atomic E-state index is 5.74. The second kappa shape index (κ2) is 12.0. The molecule has 1 aliphatic heterocycles. The van der Waals surface area contributed by atoms with Gasteiger partial charge in [0.1, 0.15) is 0 Å². The van der Waals surface area contributed by atoms with Crippen LogP contribution in [-0.4, -0.2) is 52.0 Å². The Morgan fingerprint density at radius 1 is 1.25 bits per heavy atom. The summed E-state index contributed by atoms with van der Waals surface area (Å²) in [7, 11) is 0. The van der Waals surface area contributed by atoms with Crippen molar-refractivity contribution >= 4 is 5.96 Å². The maximum absolute atomic E-state index is 5.74. The molecule has 1 saturated heterocycles. The molecule has 5 heteroatoms. The molecule has 118 valence electrons. The van der Waals surface area contributed by atoms with Crippen molar-refractivity contribution in [2.24, 2.45) is 10.9 Å². The fraction of sp³-hybridized carbons (Fsp3) is 0.933. The molecule has 0 aromatic rings. The van der Waals surface area contributed by atoms with Crippen LogP contribution in [0.2, 0.25) is 0 Å². The SMILES string of the molecule is CCCN=C(NCC)NCCCOCC1CCOCC1. The van der Waals surface area contributed by atoms with Crippen LogP contribution in [-0.2, 0) is 9.47 Å². The lowest BCUT2D eigenvalue weighted by molar-refractivity contribution is 0.0203. The smallest absolute Gasteiger partial charge is 0.191 e. The summed E-state index contributed by atoms with van der Waals surface area (Å²) in [6.45, 7) is 10.4. The van der Waals surface area contributed by atoms with Crippen molar-refractivity contribution in [3.8, 4) is 0 Å². The highest BCUT2D eigenvalue weighted by molar-refractivity contribution is 5.79. The number of rotatable bonds is 9. The van der Waals surface area contributed by atoms with E-state index in [1.165, 1.54) is 0 Å². The standard InChI is InChI=1S/C15H31N3O2/c1-3-8-17-15(16-4-2)18-9-5-10-20-13-14-6-11-19-12-7-14/h14H,3-13H2,1-2H3,(H2,16,17,18). The number of hydrogen-bond acceptors (Lipinski definition) is 3. The lowest BCUT2D eigenvalue weighted by Crippen LogP contribution is -2.38. The average molecular weight is 285 g/mol. The summed E-state index contributed by atoms with van der Waals surface area (Å²) >= 11 is 0. The van der Waals surface area contributed by atoms with Crippen molar-refractivity contribution in [3.63, 3.8) is 0 Å². The summed E-state index contributed by atoms with van der Waals surface area (Å²) < 4.78 is 11.1. The number of nitrogens with zero attached hydrogens (tertiary/aromatic N) is 1. The normalized spacial score (nSPS) is 17.2. The van der Waals surface area contributed by atoms with Gasteiger partial charge in [-0.1, -0.05) is 6.92 Å². The van der Waals surface area contributed by atoms with Gasteiger partial charge < -0.3 is 20.1 Å². The van der Waals surface area contributed by atoms with Gasteiger partial charge in [-0.15, -0.1) is 0 Å². The fourth-order valence-corrected chi connectivity index (χ4v) is 2.11. The van der Waals surface area contributed by atoms with E-state index in [-0.39, 0.29) is 0 Å². The van der Waals surface area contributed by atoms with Crippen LogP contribution in [0, 0.1) is 5.92 Å². The Morgan fingerprint density at radius 2 is 2.05 bits per heavy atom. The van der Waals surface area contributed by atoms with Crippen molar-refractivity contribution in [1.82, 2.24) is 10.6 Å². The molecule has 0 unspecified atom stereocenters. The van der Waals surface area contributed by atoms with Gasteiger partial charge in [-0.3, -0.25) is 4.99 Å². The Bertz CT molecular complexity index is 254. The number of hydrogen-bond donors (Lipinski definition) is 2. The minimum atomic E-state index is 0.695. The van der Waals surface area contributed by atoms with E-state index in [1.54, 1.807) is 0 Å². The minimum Gasteiger partial charge on any atom is -0.381 e. The molecule has 0 bridgehead atoms. The largest absolute Gasteiger partial charge is 0.381 e. The second-order valence-electron chi connectivity index (χ2n) is 5.17. The molecule has 0 saturated carbocycles. The number of ether oxygens (including phenoxy) is 2. The monoisotopic (exact) mass is 285 g/mol. The molecule has 0 atom stereocenters. The van der Waals surface area contributed by atoms with Crippen LogP contribution < -0.4 is 10.6 Å². The fourth-order valence-electron chi connectivity index (χ4n) is 2.11. The Labute approximate surface area is 123 Å². The van der Waals surface area contributed by atoms with Gasteiger partial charge in [0, 0.05) is 46.1 Å². The molecule has 1 fully saturated rings. The van der Waals surface area contributed by atoms with E-state index in [9.17, 15) is 0 Å². The molecular weight excluding hydrogens is 254 g/mol. The van der Waals surface area contributed by atoms with Crippen LogP contribution in [0.25, 0.3) is 0 Å². The number of guanidine groups is 1. The summed E-state index contributed by atoms with van der Waals surface area (Å²) in [5, 5.41) is 6.58. The predicted octanol–water partition coefficient (Wildman–Crippen LogP) is 1.78. The molecule has 1 rings (SSSR count). The zero-order valence-electron chi connectivity index (χ0n) is 13.1. The van der Waals surface area contributed by atoms with Crippen molar-refractivity contribution in [1.29, 1.82) is 0 Å². The van der Waals surface area contributed by atoms with E-state index in [0.29, 0.717) is 5.92 Å². The van der Waals surface area contributed by atoms with Gasteiger partial charge in [-0.25, -0.2) is 0 Å². The third-order valence-corrected chi connectivity index (χ3v) is 3.29. The van der Waals surface area contributed by atoms with Gasteiger partial charge in [0.15, 0.2) is 5.96 Å². The first-order valence-corrected chi connectivity index (χ1v) is 8.04. The average Bonchev–Trinajstić information content (AvgIpc) is 2.49. The quantitative estimate of drug-likeness (QED) is 0.385. The summed E-state index contributed by atoms with van der Waals surface area (Å²) in [6.07, 6.45) is 4.38. The molecule has 0 aromatic heterocycles. The second-order valence-corrected chi connectivity index (χ2v) is 5.17. The highest BCUT2D eigenvalue weighted by Crippen LogP contribution is 2.14. The lowest BCUT2D eigenvalue weighted by Gasteiger charge is -2.21. The van der Waals surface area contributed by atoms with Crippen LogP contribution in [0.15, 0.2) is 4.99 Å². The Balaban J connectivity index is 1.99. The predicted molar refractivity (Wildman–Crippen MR) is 83.3 cm³/mol. The minimum absolute atomic E-state index is 0.695. The van der Waals surface area contributed by atoms with Crippen LogP contribution in [0.3, 0.4) is 0 Å². The van der Waals surface area contributed by atoms with E-state index in [0.717, 1.165) is 77.7 Å². The summed E-state index contributed by atoms with van der Waals surface area (Å²) in [5.74, 6) is 1.61. The van der Waals surface area contributed by atoms with E-state index in [1.807, 2.05) is 0 Å². The Morgan fingerprint density at radius 3 is 2.75 bits per heavy atom. The molecule has 2 N–H and O–H groups in total. The summed E-state index contributed by atoms with van der Waals surface area (Å²) in [6, 6.07) is 0. The summed E-state index contributed by atoms with van der Waals surface area (Å²) in [5.41, 5.74) is 0. The maximum Gasteiger partial charge on any atom is 0.191 e. The molecule has 0 aliphatic carbocycles. The van der Waals surface area contributed by atoms with Crippen molar-refractivity contribution in [3.05, 3.63) is 0 Å². The Hall–Kier alpha value is -0.810. The third kappa shape index (κ3) is 8.38. The molecule has 20 heavy (non-hydrogen) atoms. The van der Waals surface area contributed by atoms with E-state index in [4.69, 9.17) is 9.47 Å².